The van der Waals surface area contributed by atoms with Crippen LogP contribution in [0.3, 0.4) is 0 Å². The fourth-order valence-electron chi connectivity index (χ4n) is 3.17. The molecule has 1 amide bonds. The van der Waals surface area contributed by atoms with Crippen LogP contribution in [0, 0.1) is 21.4 Å². The van der Waals surface area contributed by atoms with Crippen molar-refractivity contribution in [3.63, 3.8) is 0 Å². The maximum Gasteiger partial charge on any atom is 0.273 e. The van der Waals surface area contributed by atoms with E-state index >= 15 is 0 Å². The van der Waals surface area contributed by atoms with Crippen LogP contribution in [0.5, 0.6) is 0 Å². The lowest BCUT2D eigenvalue weighted by Gasteiger charge is -2.04. The van der Waals surface area contributed by atoms with Crippen molar-refractivity contribution in [3.05, 3.63) is 114 Å². The predicted octanol–water partition coefficient (Wildman–Crippen LogP) is 2.22. The summed E-state index contributed by atoms with van der Waals surface area (Å²) in [5.41, 5.74) is 0.348. The molecule has 0 saturated heterocycles. The standard InChI is InChI=1S/C24H16N4O5S/c25-14-20(22(29)26-15-19-7-4-12-33-19)24-27(17-5-2-1-3-6-17)23(30)21(34-24)13-16-8-10-18(11-9-16)28(31)32/h1-13H,15H2,(H,26,29)/b21-13-,24-20+. The van der Waals surface area contributed by atoms with Crippen molar-refractivity contribution in [2.75, 3.05) is 0 Å². The van der Waals surface area contributed by atoms with Gasteiger partial charge in [-0.2, -0.15) is 5.26 Å². The summed E-state index contributed by atoms with van der Waals surface area (Å²) in [6, 6.07) is 19.7. The number of para-hydroxylation sites is 1. The van der Waals surface area contributed by atoms with Gasteiger partial charge in [0.15, 0.2) is 5.57 Å². The van der Waals surface area contributed by atoms with Gasteiger partial charge in [-0.15, -0.1) is 11.3 Å². The molecular weight excluding hydrogens is 456 g/mol. The number of carbonyl (C=O) groups is 1. The van der Waals surface area contributed by atoms with Gasteiger partial charge in [0, 0.05) is 12.1 Å². The molecule has 1 N–H and O–H groups in total. The van der Waals surface area contributed by atoms with Crippen LogP contribution in [0.4, 0.5) is 5.69 Å². The fraction of sp³-hybridized carbons (Fsp3) is 0.0417. The number of carbonyl (C=O) groups excluding carboxylic acids is 1. The second kappa shape index (κ2) is 9.81. The summed E-state index contributed by atoms with van der Waals surface area (Å²) in [6.07, 6.45) is 3.04. The number of benzene rings is 2. The van der Waals surface area contributed by atoms with E-state index in [2.05, 4.69) is 5.32 Å². The van der Waals surface area contributed by atoms with Crippen LogP contribution >= 0.6 is 11.3 Å². The van der Waals surface area contributed by atoms with Crippen LogP contribution in [0.25, 0.3) is 17.3 Å². The minimum absolute atomic E-state index is 0.0703. The first-order valence-corrected chi connectivity index (χ1v) is 10.8. The van der Waals surface area contributed by atoms with Gasteiger partial charge in [0.2, 0.25) is 0 Å². The SMILES string of the molecule is N#C/C(C(=O)NCc1ccco1)=c1\s/c(=C\c2ccc([N+](=O)[O-])cc2)c(=O)n1-c1ccccc1. The van der Waals surface area contributed by atoms with Gasteiger partial charge >= 0.3 is 0 Å². The number of nitro groups is 1. The lowest BCUT2D eigenvalue weighted by molar-refractivity contribution is -0.384. The first-order valence-electron chi connectivity index (χ1n) is 9.96. The van der Waals surface area contributed by atoms with E-state index in [1.54, 1.807) is 48.5 Å². The Morgan fingerprint density at radius 1 is 1.15 bits per heavy atom. The number of hydrogen-bond donors (Lipinski definition) is 1. The lowest BCUT2D eigenvalue weighted by Crippen LogP contribution is -2.33. The molecular formula is C24H16N4O5S. The van der Waals surface area contributed by atoms with E-state index in [1.165, 1.54) is 35.1 Å². The predicted molar refractivity (Wildman–Crippen MR) is 125 cm³/mol. The highest BCUT2D eigenvalue weighted by Crippen LogP contribution is 2.12. The average molecular weight is 472 g/mol. The number of furan rings is 1. The Morgan fingerprint density at radius 2 is 1.88 bits per heavy atom. The van der Waals surface area contributed by atoms with Crippen LogP contribution in [-0.4, -0.2) is 15.4 Å². The van der Waals surface area contributed by atoms with E-state index in [0.717, 1.165) is 11.3 Å². The van der Waals surface area contributed by atoms with Gasteiger partial charge in [-0.25, -0.2) is 0 Å². The Balaban J connectivity index is 1.87. The van der Waals surface area contributed by atoms with Crippen molar-refractivity contribution in [1.82, 2.24) is 9.88 Å². The molecule has 0 radical (unpaired) electrons. The topological polar surface area (TPSA) is 131 Å². The zero-order valence-corrected chi connectivity index (χ0v) is 18.3. The molecule has 0 fully saturated rings. The average Bonchev–Trinajstić information content (AvgIpc) is 3.47. The van der Waals surface area contributed by atoms with E-state index in [1.807, 2.05) is 6.07 Å². The summed E-state index contributed by atoms with van der Waals surface area (Å²) >= 11 is 0.988. The molecule has 2 heterocycles. The maximum absolute atomic E-state index is 13.3. The molecule has 0 saturated carbocycles. The zero-order chi connectivity index (χ0) is 24.1. The molecule has 34 heavy (non-hydrogen) atoms. The third-order valence-electron chi connectivity index (χ3n) is 4.80. The number of rotatable bonds is 6. The van der Waals surface area contributed by atoms with E-state index in [0.29, 0.717) is 17.0 Å². The van der Waals surface area contributed by atoms with Crippen LogP contribution in [-0.2, 0) is 11.3 Å². The highest BCUT2D eigenvalue weighted by atomic mass is 32.1. The summed E-state index contributed by atoms with van der Waals surface area (Å²) in [5.74, 6) is -0.129. The second-order valence-electron chi connectivity index (χ2n) is 6.99. The molecule has 0 bridgehead atoms. The number of nitro benzene ring substituents is 1. The van der Waals surface area contributed by atoms with Gasteiger partial charge in [0.05, 0.1) is 28.0 Å². The van der Waals surface area contributed by atoms with Crippen LogP contribution in [0.15, 0.2) is 82.2 Å². The molecule has 4 rings (SSSR count). The van der Waals surface area contributed by atoms with Crippen molar-refractivity contribution >= 4 is 34.6 Å². The third kappa shape index (κ3) is 4.69. The van der Waals surface area contributed by atoms with Crippen molar-refractivity contribution < 1.29 is 14.1 Å². The summed E-state index contributed by atoms with van der Waals surface area (Å²) in [5, 5.41) is 23.3. The van der Waals surface area contributed by atoms with E-state index in [4.69, 9.17) is 4.42 Å². The van der Waals surface area contributed by atoms with E-state index < -0.39 is 16.4 Å². The molecule has 0 aliphatic carbocycles. The highest BCUT2D eigenvalue weighted by Gasteiger charge is 2.17. The Labute approximate surface area is 196 Å². The van der Waals surface area contributed by atoms with E-state index in [9.17, 15) is 25.0 Å². The molecule has 0 aliphatic rings. The number of nitrogens with one attached hydrogen (secondary N) is 1. The Kier molecular flexibility index (Phi) is 6.47. The van der Waals surface area contributed by atoms with Gasteiger partial charge in [0.25, 0.3) is 17.2 Å². The maximum atomic E-state index is 13.3. The summed E-state index contributed by atoms with van der Waals surface area (Å²) in [6.45, 7) is 0.0831. The lowest BCUT2D eigenvalue weighted by atomic mass is 10.2. The molecule has 168 valence electrons. The smallest absolute Gasteiger partial charge is 0.273 e. The number of thiazole rings is 1. The van der Waals surface area contributed by atoms with Gasteiger partial charge in [-0.05, 0) is 48.0 Å². The Hall–Kier alpha value is -4.75. The van der Waals surface area contributed by atoms with Gasteiger partial charge in [0.1, 0.15) is 16.5 Å². The van der Waals surface area contributed by atoms with Crippen molar-refractivity contribution in [1.29, 1.82) is 5.26 Å². The van der Waals surface area contributed by atoms with Gasteiger partial charge < -0.3 is 9.73 Å². The molecule has 9 nitrogen and oxygen atoms in total. The number of hydrogen-bond acceptors (Lipinski definition) is 7. The van der Waals surface area contributed by atoms with E-state index in [-0.39, 0.29) is 27.0 Å². The van der Waals surface area contributed by atoms with Crippen molar-refractivity contribution in [3.8, 4) is 11.8 Å². The monoisotopic (exact) mass is 472 g/mol. The molecule has 0 spiro atoms. The normalized spacial score (nSPS) is 12.1. The Morgan fingerprint density at radius 3 is 2.50 bits per heavy atom. The van der Waals surface area contributed by atoms with Crippen molar-refractivity contribution in [2.45, 2.75) is 6.54 Å². The largest absolute Gasteiger partial charge is 0.467 e. The Bertz CT molecular complexity index is 1560. The fourth-order valence-corrected chi connectivity index (χ4v) is 4.27. The third-order valence-corrected chi connectivity index (χ3v) is 5.89. The van der Waals surface area contributed by atoms with Crippen LogP contribution < -0.4 is 20.1 Å². The molecule has 2 aromatic carbocycles. The summed E-state index contributed by atoms with van der Waals surface area (Å²) in [4.78, 5) is 36.5. The summed E-state index contributed by atoms with van der Waals surface area (Å²) in [7, 11) is 0. The first kappa shape index (κ1) is 22.4. The molecule has 0 unspecified atom stereocenters. The van der Waals surface area contributed by atoms with Gasteiger partial charge in [-0.1, -0.05) is 18.2 Å². The van der Waals surface area contributed by atoms with Gasteiger partial charge in [-0.3, -0.25) is 24.3 Å². The van der Waals surface area contributed by atoms with Crippen LogP contribution in [0.1, 0.15) is 11.3 Å². The number of nitriles is 1. The number of amides is 1. The quantitative estimate of drug-likeness (QED) is 0.338. The molecule has 0 atom stereocenters. The second-order valence-corrected chi connectivity index (χ2v) is 8.02. The number of aromatic nitrogens is 1. The number of nitrogens with zero attached hydrogens (tertiary/aromatic N) is 3. The van der Waals surface area contributed by atoms with Crippen LogP contribution in [0.2, 0.25) is 0 Å². The minimum atomic E-state index is -0.647. The molecule has 10 heteroatoms. The summed E-state index contributed by atoms with van der Waals surface area (Å²) < 4.78 is 6.95. The molecule has 4 aromatic rings. The number of non-ortho nitro benzene ring substituents is 1. The minimum Gasteiger partial charge on any atom is -0.467 e. The molecule has 2 aromatic heterocycles. The zero-order valence-electron chi connectivity index (χ0n) is 17.5. The molecule has 0 aliphatic heterocycles. The highest BCUT2D eigenvalue weighted by molar-refractivity contribution is 7.07. The van der Waals surface area contributed by atoms with Crippen molar-refractivity contribution in [2.24, 2.45) is 0 Å². The first-order chi connectivity index (χ1) is 16.5.